The first kappa shape index (κ1) is 11.5. The molecule has 0 aliphatic carbocycles. The van der Waals surface area contributed by atoms with Crippen LogP contribution in [0.5, 0.6) is 0 Å². The Balaban J connectivity index is 2.08. The van der Waals surface area contributed by atoms with Crippen LogP contribution in [-0.4, -0.2) is 31.7 Å². The third-order valence-electron chi connectivity index (χ3n) is 2.85. The summed E-state index contributed by atoms with van der Waals surface area (Å²) >= 11 is 0. The molecule has 0 aromatic carbocycles. The highest BCUT2D eigenvalue weighted by atomic mass is 32.2. The maximum absolute atomic E-state index is 12.1. The van der Waals surface area contributed by atoms with Crippen molar-refractivity contribution in [2.24, 2.45) is 0 Å². The van der Waals surface area contributed by atoms with Gasteiger partial charge in [0.2, 0.25) is 0 Å². The van der Waals surface area contributed by atoms with Gasteiger partial charge in [0.1, 0.15) is 0 Å². The molecule has 2 rings (SSSR count). The molecule has 1 aliphatic rings. The summed E-state index contributed by atoms with van der Waals surface area (Å²) in [4.78, 5) is 3.93. The van der Waals surface area contributed by atoms with Crippen LogP contribution < -0.4 is 5.32 Å². The van der Waals surface area contributed by atoms with Crippen molar-refractivity contribution < 1.29 is 8.42 Å². The lowest BCUT2D eigenvalue weighted by Crippen LogP contribution is -2.39. The van der Waals surface area contributed by atoms with Crippen molar-refractivity contribution in [1.82, 2.24) is 10.3 Å². The van der Waals surface area contributed by atoms with Gasteiger partial charge in [-0.15, -0.1) is 0 Å². The SMILES string of the molecule is O=S(=O)(Cc1cccnc1)[C@@H]1CCCNC1. The monoisotopic (exact) mass is 240 g/mol. The van der Waals surface area contributed by atoms with Gasteiger partial charge >= 0.3 is 0 Å². The number of hydrogen-bond acceptors (Lipinski definition) is 4. The summed E-state index contributed by atoms with van der Waals surface area (Å²) in [5.41, 5.74) is 0.771. The number of nitrogens with one attached hydrogen (secondary N) is 1. The predicted molar refractivity (Wildman–Crippen MR) is 62.8 cm³/mol. The van der Waals surface area contributed by atoms with Crippen molar-refractivity contribution in [3.8, 4) is 0 Å². The first-order valence-corrected chi connectivity index (χ1v) is 7.21. The number of pyridine rings is 1. The molecule has 1 fully saturated rings. The molecule has 0 unspecified atom stereocenters. The largest absolute Gasteiger partial charge is 0.315 e. The minimum absolute atomic E-state index is 0.104. The summed E-state index contributed by atoms with van der Waals surface area (Å²) in [6, 6.07) is 3.57. The first-order chi connectivity index (χ1) is 7.68. The molecule has 0 amide bonds. The molecule has 2 heterocycles. The highest BCUT2D eigenvalue weighted by Crippen LogP contribution is 2.16. The van der Waals surface area contributed by atoms with E-state index in [-0.39, 0.29) is 11.0 Å². The number of hydrogen-bond donors (Lipinski definition) is 1. The van der Waals surface area contributed by atoms with Crippen LogP contribution >= 0.6 is 0 Å². The molecule has 1 aromatic heterocycles. The van der Waals surface area contributed by atoms with E-state index >= 15 is 0 Å². The Labute approximate surface area is 96.0 Å². The molecule has 1 atom stereocenters. The van der Waals surface area contributed by atoms with E-state index in [1.807, 2.05) is 0 Å². The molecule has 88 valence electrons. The summed E-state index contributed by atoms with van der Waals surface area (Å²) in [6.07, 6.45) is 4.98. The number of aromatic nitrogens is 1. The Morgan fingerprint density at radius 1 is 1.50 bits per heavy atom. The number of rotatable bonds is 3. The van der Waals surface area contributed by atoms with Crippen molar-refractivity contribution in [2.45, 2.75) is 23.8 Å². The quantitative estimate of drug-likeness (QED) is 0.847. The van der Waals surface area contributed by atoms with Crippen molar-refractivity contribution >= 4 is 9.84 Å². The fraction of sp³-hybridized carbons (Fsp3) is 0.545. The Kier molecular flexibility index (Phi) is 3.56. The molecule has 0 bridgehead atoms. The smallest absolute Gasteiger partial charge is 0.158 e. The van der Waals surface area contributed by atoms with Crippen LogP contribution in [0, 0.1) is 0 Å². The van der Waals surface area contributed by atoms with Crippen molar-refractivity contribution in [3.05, 3.63) is 30.1 Å². The van der Waals surface area contributed by atoms with Gasteiger partial charge in [-0.05, 0) is 31.0 Å². The molecular formula is C11H16N2O2S. The third-order valence-corrected chi connectivity index (χ3v) is 5.00. The predicted octanol–water partition coefficient (Wildman–Crippen LogP) is 0.748. The fourth-order valence-electron chi connectivity index (χ4n) is 1.96. The standard InChI is InChI=1S/C11H16N2O2S/c14-16(15,11-4-2-6-13-8-11)9-10-3-1-5-12-7-10/h1,3,5,7,11,13H,2,4,6,8-9H2/t11-/m1/s1. The van der Waals surface area contributed by atoms with E-state index < -0.39 is 9.84 Å². The zero-order chi connectivity index (χ0) is 11.4. The van der Waals surface area contributed by atoms with Crippen molar-refractivity contribution in [1.29, 1.82) is 0 Å². The fourth-order valence-corrected chi connectivity index (χ4v) is 3.73. The molecule has 5 heteroatoms. The van der Waals surface area contributed by atoms with Gasteiger partial charge in [-0.3, -0.25) is 4.98 Å². The van der Waals surface area contributed by atoms with Crippen LogP contribution in [0.4, 0.5) is 0 Å². The summed E-state index contributed by atoms with van der Waals surface area (Å²) < 4.78 is 24.2. The highest BCUT2D eigenvalue weighted by molar-refractivity contribution is 7.91. The molecule has 16 heavy (non-hydrogen) atoms. The molecule has 0 radical (unpaired) electrons. The van der Waals surface area contributed by atoms with Crippen LogP contribution in [-0.2, 0) is 15.6 Å². The van der Waals surface area contributed by atoms with E-state index in [0.29, 0.717) is 6.54 Å². The van der Waals surface area contributed by atoms with E-state index in [9.17, 15) is 8.42 Å². The molecule has 1 aliphatic heterocycles. The molecule has 0 spiro atoms. The van der Waals surface area contributed by atoms with Crippen LogP contribution in [0.2, 0.25) is 0 Å². The van der Waals surface area contributed by atoms with Crippen molar-refractivity contribution in [3.63, 3.8) is 0 Å². The second-order valence-electron chi connectivity index (χ2n) is 4.14. The van der Waals surface area contributed by atoms with Crippen LogP contribution in [0.3, 0.4) is 0 Å². The summed E-state index contributed by atoms with van der Waals surface area (Å²) in [7, 11) is -3.04. The van der Waals surface area contributed by atoms with Gasteiger partial charge < -0.3 is 5.32 Å². The average molecular weight is 240 g/mol. The summed E-state index contributed by atoms with van der Waals surface area (Å²) in [6.45, 7) is 1.52. The van der Waals surface area contributed by atoms with Gasteiger partial charge in [0.05, 0.1) is 11.0 Å². The van der Waals surface area contributed by atoms with Gasteiger partial charge in [0.15, 0.2) is 9.84 Å². The Bertz CT molecular complexity index is 425. The molecular weight excluding hydrogens is 224 g/mol. The second-order valence-corrected chi connectivity index (χ2v) is 6.42. The lowest BCUT2D eigenvalue weighted by atomic mass is 10.2. The zero-order valence-corrected chi connectivity index (χ0v) is 9.91. The van der Waals surface area contributed by atoms with E-state index in [4.69, 9.17) is 0 Å². The molecule has 1 aromatic rings. The number of nitrogens with zero attached hydrogens (tertiary/aromatic N) is 1. The minimum Gasteiger partial charge on any atom is -0.315 e. The lowest BCUT2D eigenvalue weighted by molar-refractivity contribution is 0.496. The summed E-state index contributed by atoms with van der Waals surface area (Å²) in [5.74, 6) is 0.104. The Morgan fingerprint density at radius 2 is 2.38 bits per heavy atom. The van der Waals surface area contributed by atoms with Crippen molar-refractivity contribution in [2.75, 3.05) is 13.1 Å². The maximum Gasteiger partial charge on any atom is 0.158 e. The Hall–Kier alpha value is -0.940. The minimum atomic E-state index is -3.04. The topological polar surface area (TPSA) is 59.1 Å². The van der Waals surface area contributed by atoms with E-state index in [1.165, 1.54) is 0 Å². The van der Waals surface area contributed by atoms with E-state index in [2.05, 4.69) is 10.3 Å². The van der Waals surface area contributed by atoms with Gasteiger partial charge in [-0.1, -0.05) is 6.07 Å². The number of sulfone groups is 1. The van der Waals surface area contributed by atoms with E-state index in [1.54, 1.807) is 24.5 Å². The van der Waals surface area contributed by atoms with Gasteiger partial charge in [0.25, 0.3) is 0 Å². The first-order valence-electron chi connectivity index (χ1n) is 5.50. The third kappa shape index (κ3) is 2.80. The second kappa shape index (κ2) is 4.93. The van der Waals surface area contributed by atoms with E-state index in [0.717, 1.165) is 24.9 Å². The van der Waals surface area contributed by atoms with Gasteiger partial charge in [0, 0.05) is 18.9 Å². The molecule has 1 saturated heterocycles. The van der Waals surface area contributed by atoms with Crippen LogP contribution in [0.1, 0.15) is 18.4 Å². The number of piperidine rings is 1. The Morgan fingerprint density at radius 3 is 3.00 bits per heavy atom. The van der Waals surface area contributed by atoms with Gasteiger partial charge in [-0.2, -0.15) is 0 Å². The highest BCUT2D eigenvalue weighted by Gasteiger charge is 2.27. The van der Waals surface area contributed by atoms with Gasteiger partial charge in [-0.25, -0.2) is 8.42 Å². The lowest BCUT2D eigenvalue weighted by Gasteiger charge is -2.22. The maximum atomic E-state index is 12.1. The summed E-state index contributed by atoms with van der Waals surface area (Å²) in [5, 5.41) is 2.90. The molecule has 1 N–H and O–H groups in total. The average Bonchev–Trinajstić information content (AvgIpc) is 2.31. The molecule has 4 nitrogen and oxygen atoms in total. The van der Waals surface area contributed by atoms with Crippen LogP contribution in [0.15, 0.2) is 24.5 Å². The zero-order valence-electron chi connectivity index (χ0n) is 9.09. The van der Waals surface area contributed by atoms with Crippen LogP contribution in [0.25, 0.3) is 0 Å². The normalized spacial score (nSPS) is 21.9. The molecule has 0 saturated carbocycles.